The third-order valence-corrected chi connectivity index (χ3v) is 7.03. The second-order valence-corrected chi connectivity index (χ2v) is 10.3. The summed E-state index contributed by atoms with van der Waals surface area (Å²) in [7, 11) is -1.68. The van der Waals surface area contributed by atoms with Gasteiger partial charge < -0.3 is 4.43 Å². The highest BCUT2D eigenvalue weighted by Crippen LogP contribution is 2.37. The second-order valence-electron chi connectivity index (χ2n) is 5.55. The molecule has 0 aromatic rings. The van der Waals surface area contributed by atoms with Crippen LogP contribution >= 0.6 is 0 Å². The zero-order valence-corrected chi connectivity index (χ0v) is 11.7. The first-order chi connectivity index (χ1) is 6.06. The van der Waals surface area contributed by atoms with Crippen LogP contribution in [0, 0.1) is 0 Å². The molecule has 0 aromatic carbocycles. The minimum absolute atomic E-state index is 0.241. The summed E-state index contributed by atoms with van der Waals surface area (Å²) in [5.74, 6) is 0.802. The van der Waals surface area contributed by atoms with Gasteiger partial charge >= 0.3 is 0 Å². The van der Waals surface area contributed by atoms with Crippen molar-refractivity contribution in [3.8, 4) is 0 Å². The van der Waals surface area contributed by atoms with E-state index in [9.17, 15) is 0 Å². The van der Waals surface area contributed by atoms with Gasteiger partial charge in [-0.05, 0) is 38.1 Å². The van der Waals surface area contributed by atoms with Gasteiger partial charge in [0, 0.05) is 0 Å². The van der Waals surface area contributed by atoms with E-state index in [0.717, 1.165) is 5.76 Å². The van der Waals surface area contributed by atoms with Crippen molar-refractivity contribution in [3.63, 3.8) is 0 Å². The van der Waals surface area contributed by atoms with Gasteiger partial charge in [-0.1, -0.05) is 32.9 Å². The lowest BCUT2D eigenvalue weighted by Crippen LogP contribution is -2.40. The van der Waals surface area contributed by atoms with E-state index in [0.29, 0.717) is 0 Å². The van der Waals surface area contributed by atoms with Gasteiger partial charge in [-0.15, -0.1) is 0 Å². The normalized spacial score (nSPS) is 12.2. The summed E-state index contributed by atoms with van der Waals surface area (Å²) >= 11 is 0. The molecule has 0 atom stereocenters. The van der Waals surface area contributed by atoms with E-state index in [1.807, 2.05) is 6.08 Å². The standard InChI is InChI=1S/C12H24OSi/c1-10(2)9-11(3)13-14(7,8)12(4,5)6/h9H,3H2,1-2,4-8H3. The molecule has 0 amide bonds. The fourth-order valence-corrected chi connectivity index (χ4v) is 1.85. The van der Waals surface area contributed by atoms with E-state index in [-0.39, 0.29) is 5.04 Å². The van der Waals surface area contributed by atoms with Crippen molar-refractivity contribution in [2.24, 2.45) is 0 Å². The van der Waals surface area contributed by atoms with Gasteiger partial charge in [0.2, 0.25) is 8.32 Å². The molecule has 0 aliphatic rings. The largest absolute Gasteiger partial charge is 0.544 e. The molecular weight excluding hydrogens is 188 g/mol. The Kier molecular flexibility index (Phi) is 4.19. The highest BCUT2D eigenvalue weighted by Gasteiger charge is 2.38. The molecule has 0 fully saturated rings. The molecule has 0 spiro atoms. The summed E-state index contributed by atoms with van der Waals surface area (Å²) in [6, 6.07) is 0. The van der Waals surface area contributed by atoms with Crippen LogP contribution in [-0.4, -0.2) is 8.32 Å². The van der Waals surface area contributed by atoms with Gasteiger partial charge in [0.15, 0.2) is 0 Å². The molecule has 0 radical (unpaired) electrons. The average Bonchev–Trinajstić information content (AvgIpc) is 1.79. The summed E-state index contributed by atoms with van der Waals surface area (Å²) in [4.78, 5) is 0. The fraction of sp³-hybridized carbons (Fsp3) is 0.667. The smallest absolute Gasteiger partial charge is 0.250 e. The molecule has 0 aromatic heterocycles. The number of hydrogen-bond donors (Lipinski definition) is 0. The monoisotopic (exact) mass is 212 g/mol. The summed E-state index contributed by atoms with van der Waals surface area (Å²) in [5, 5.41) is 0.241. The van der Waals surface area contributed by atoms with Crippen LogP contribution in [-0.2, 0) is 4.43 Å². The van der Waals surface area contributed by atoms with Crippen molar-refractivity contribution in [1.29, 1.82) is 0 Å². The van der Waals surface area contributed by atoms with E-state index in [1.54, 1.807) is 0 Å². The molecular formula is C12H24OSi. The van der Waals surface area contributed by atoms with Crippen LogP contribution in [0.15, 0.2) is 24.0 Å². The topological polar surface area (TPSA) is 9.23 Å². The maximum atomic E-state index is 5.98. The van der Waals surface area contributed by atoms with Crippen LogP contribution in [0.4, 0.5) is 0 Å². The van der Waals surface area contributed by atoms with Crippen molar-refractivity contribution in [1.82, 2.24) is 0 Å². The molecule has 0 bridgehead atoms. The predicted octanol–water partition coefficient (Wildman–Crippen LogP) is 4.49. The van der Waals surface area contributed by atoms with Gasteiger partial charge in [0.25, 0.3) is 0 Å². The van der Waals surface area contributed by atoms with Crippen molar-refractivity contribution in [2.45, 2.75) is 52.8 Å². The number of allylic oxidation sites excluding steroid dienone is 2. The molecule has 0 N–H and O–H groups in total. The molecule has 14 heavy (non-hydrogen) atoms. The Hall–Kier alpha value is -0.503. The zero-order valence-electron chi connectivity index (χ0n) is 10.7. The van der Waals surface area contributed by atoms with E-state index >= 15 is 0 Å². The molecule has 0 saturated carbocycles. The Bertz CT molecular complexity index is 240. The maximum Gasteiger partial charge on any atom is 0.250 e. The van der Waals surface area contributed by atoms with E-state index < -0.39 is 8.32 Å². The Morgan fingerprint density at radius 3 is 1.93 bits per heavy atom. The Morgan fingerprint density at radius 1 is 1.21 bits per heavy atom. The highest BCUT2D eigenvalue weighted by molar-refractivity contribution is 6.74. The van der Waals surface area contributed by atoms with Crippen LogP contribution in [0.2, 0.25) is 18.1 Å². The van der Waals surface area contributed by atoms with E-state index in [4.69, 9.17) is 4.43 Å². The van der Waals surface area contributed by atoms with Crippen LogP contribution in [0.25, 0.3) is 0 Å². The van der Waals surface area contributed by atoms with Crippen LogP contribution in [0.1, 0.15) is 34.6 Å². The molecule has 0 aliphatic heterocycles. The average molecular weight is 212 g/mol. The lowest BCUT2D eigenvalue weighted by Gasteiger charge is -2.36. The first kappa shape index (κ1) is 13.5. The lowest BCUT2D eigenvalue weighted by atomic mass is 10.2. The number of hydrogen-bond acceptors (Lipinski definition) is 1. The van der Waals surface area contributed by atoms with Crippen molar-refractivity contribution in [3.05, 3.63) is 24.0 Å². The molecule has 0 rings (SSSR count). The Morgan fingerprint density at radius 2 is 1.64 bits per heavy atom. The Labute approximate surface area is 90.0 Å². The third kappa shape index (κ3) is 4.14. The van der Waals surface area contributed by atoms with Gasteiger partial charge in [-0.2, -0.15) is 0 Å². The predicted molar refractivity (Wildman–Crippen MR) is 66.9 cm³/mol. The van der Waals surface area contributed by atoms with Crippen LogP contribution < -0.4 is 0 Å². The molecule has 0 heterocycles. The minimum atomic E-state index is -1.68. The molecule has 0 unspecified atom stereocenters. The zero-order chi connectivity index (χ0) is 11.6. The Balaban J connectivity index is 4.54. The quantitative estimate of drug-likeness (QED) is 0.380. The highest BCUT2D eigenvalue weighted by atomic mass is 28.4. The first-order valence-electron chi connectivity index (χ1n) is 5.09. The first-order valence-corrected chi connectivity index (χ1v) is 8.00. The molecule has 82 valence electrons. The minimum Gasteiger partial charge on any atom is -0.544 e. The summed E-state index contributed by atoms with van der Waals surface area (Å²) in [6.07, 6.45) is 2.00. The molecule has 2 heteroatoms. The maximum absolute atomic E-state index is 5.98. The molecule has 0 aliphatic carbocycles. The van der Waals surface area contributed by atoms with Crippen molar-refractivity contribution >= 4 is 8.32 Å². The van der Waals surface area contributed by atoms with Gasteiger partial charge in [0.1, 0.15) is 0 Å². The van der Waals surface area contributed by atoms with Crippen LogP contribution in [0.3, 0.4) is 0 Å². The van der Waals surface area contributed by atoms with Crippen LogP contribution in [0.5, 0.6) is 0 Å². The third-order valence-electron chi connectivity index (χ3n) is 2.64. The van der Waals surface area contributed by atoms with E-state index in [1.165, 1.54) is 5.57 Å². The summed E-state index contributed by atoms with van der Waals surface area (Å²) < 4.78 is 5.98. The van der Waals surface area contributed by atoms with Crippen molar-refractivity contribution in [2.75, 3.05) is 0 Å². The van der Waals surface area contributed by atoms with Gasteiger partial charge in [-0.3, -0.25) is 0 Å². The summed E-state index contributed by atoms with van der Waals surface area (Å²) in [6.45, 7) is 19.2. The number of rotatable bonds is 3. The lowest BCUT2D eigenvalue weighted by molar-refractivity contribution is 0.401. The summed E-state index contributed by atoms with van der Waals surface area (Å²) in [5.41, 5.74) is 1.23. The fourth-order valence-electron chi connectivity index (χ4n) is 0.832. The SMILES string of the molecule is C=C(C=C(C)C)O[Si](C)(C)C(C)(C)C. The van der Waals surface area contributed by atoms with Gasteiger partial charge in [-0.25, -0.2) is 0 Å². The molecule has 1 nitrogen and oxygen atoms in total. The van der Waals surface area contributed by atoms with Gasteiger partial charge in [0.05, 0.1) is 5.76 Å². The van der Waals surface area contributed by atoms with E-state index in [2.05, 4.69) is 54.3 Å². The van der Waals surface area contributed by atoms with Crippen molar-refractivity contribution < 1.29 is 4.43 Å². The molecule has 0 saturated heterocycles. The second kappa shape index (κ2) is 4.35.